The Balaban J connectivity index is 1.36. The zero-order valence-corrected chi connectivity index (χ0v) is 26.2. The lowest BCUT2D eigenvalue weighted by atomic mass is 9.70. The molecule has 10 heteroatoms. The number of carbonyl (C=O) groups excluding carboxylic acids is 3. The Bertz CT molecular complexity index is 1610. The molecule has 1 heterocycles. The first-order valence-corrected chi connectivity index (χ1v) is 15.4. The van der Waals surface area contributed by atoms with Crippen molar-refractivity contribution in [2.75, 3.05) is 6.54 Å². The summed E-state index contributed by atoms with van der Waals surface area (Å²) >= 11 is 0. The van der Waals surface area contributed by atoms with Crippen molar-refractivity contribution in [3.8, 4) is 0 Å². The molecule has 3 amide bonds. The summed E-state index contributed by atoms with van der Waals surface area (Å²) in [6, 6.07) is 16.1. The van der Waals surface area contributed by atoms with Crippen LogP contribution in [0.4, 0.5) is 4.79 Å². The van der Waals surface area contributed by atoms with Gasteiger partial charge in [-0.25, -0.2) is 9.59 Å². The highest BCUT2D eigenvalue weighted by Gasteiger charge is 2.63. The van der Waals surface area contributed by atoms with E-state index in [2.05, 4.69) is 41.7 Å². The molecule has 2 fully saturated rings. The van der Waals surface area contributed by atoms with Crippen LogP contribution in [0.5, 0.6) is 0 Å². The third-order valence-electron chi connectivity index (χ3n) is 10.4. The number of fused-ring (bicyclic) bond motifs is 3. The monoisotopic (exact) mass is 614 g/mol. The highest BCUT2D eigenvalue weighted by molar-refractivity contribution is 5.94. The number of amides is 3. The summed E-state index contributed by atoms with van der Waals surface area (Å²) in [5, 5.41) is 18.4. The van der Waals surface area contributed by atoms with Gasteiger partial charge in [0.2, 0.25) is 11.8 Å². The molecule has 0 saturated heterocycles. The Kier molecular flexibility index (Phi) is 8.78. The fourth-order valence-corrected chi connectivity index (χ4v) is 7.23. The molecular weight excluding hydrogens is 572 g/mol. The lowest BCUT2D eigenvalue weighted by molar-refractivity contribution is -0.131. The normalized spacial score (nSPS) is 23.7. The van der Waals surface area contributed by atoms with Gasteiger partial charge < -0.3 is 30.8 Å². The molecule has 2 aliphatic rings. The molecule has 0 radical (unpaired) electrons. The number of aliphatic carboxylic acids is 1. The summed E-state index contributed by atoms with van der Waals surface area (Å²) in [7, 11) is 0. The minimum Gasteiger partial charge on any atom is -0.478 e. The van der Waals surface area contributed by atoms with Crippen LogP contribution in [-0.2, 0) is 25.5 Å². The number of para-hydroxylation sites is 1. The molecule has 2 aromatic carbocycles. The van der Waals surface area contributed by atoms with Gasteiger partial charge in [-0.1, -0.05) is 69.3 Å². The van der Waals surface area contributed by atoms with Crippen molar-refractivity contribution in [3.63, 3.8) is 0 Å². The van der Waals surface area contributed by atoms with Gasteiger partial charge in [0, 0.05) is 47.6 Å². The maximum Gasteiger partial charge on any atom is 0.408 e. The topological polar surface area (TPSA) is 150 Å². The molecule has 0 aliphatic heterocycles. The number of H-pyrrole nitrogens is 1. The van der Waals surface area contributed by atoms with Gasteiger partial charge in [-0.15, -0.1) is 0 Å². The van der Waals surface area contributed by atoms with Crippen LogP contribution >= 0.6 is 0 Å². The van der Waals surface area contributed by atoms with Crippen molar-refractivity contribution in [1.29, 1.82) is 0 Å². The number of carbonyl (C=O) groups is 4. The van der Waals surface area contributed by atoms with Crippen LogP contribution in [-0.4, -0.2) is 52.2 Å². The molecule has 2 saturated carbocycles. The minimum atomic E-state index is -1.41. The van der Waals surface area contributed by atoms with Gasteiger partial charge in [0.05, 0.1) is 6.04 Å². The first-order chi connectivity index (χ1) is 21.3. The number of ether oxygens (including phenoxy) is 1. The van der Waals surface area contributed by atoms with E-state index >= 15 is 0 Å². The molecule has 3 aromatic rings. The van der Waals surface area contributed by atoms with Crippen LogP contribution in [0, 0.1) is 16.7 Å². The van der Waals surface area contributed by atoms with Crippen LogP contribution in [0.3, 0.4) is 0 Å². The third kappa shape index (κ3) is 6.45. The molecule has 5 N–H and O–H groups in total. The van der Waals surface area contributed by atoms with E-state index in [0.717, 1.165) is 47.9 Å². The maximum absolute atomic E-state index is 14.0. The molecule has 1 aromatic heterocycles. The highest BCUT2D eigenvalue weighted by Crippen LogP contribution is 2.66. The zero-order chi connectivity index (χ0) is 32.4. The predicted octanol–water partition coefficient (Wildman–Crippen LogP) is 5.02. The Morgan fingerprint density at radius 2 is 1.78 bits per heavy atom. The van der Waals surface area contributed by atoms with Gasteiger partial charge in [-0.05, 0) is 54.7 Å². The second-order valence-corrected chi connectivity index (χ2v) is 13.4. The maximum atomic E-state index is 14.0. The van der Waals surface area contributed by atoms with Crippen molar-refractivity contribution >= 4 is 34.8 Å². The molecule has 5 rings (SSSR count). The van der Waals surface area contributed by atoms with E-state index in [1.165, 1.54) is 0 Å². The Labute approximate surface area is 263 Å². The molecule has 0 spiro atoms. The summed E-state index contributed by atoms with van der Waals surface area (Å²) in [6.45, 7) is 8.36. The largest absolute Gasteiger partial charge is 0.478 e. The average Bonchev–Trinajstić information content (AvgIpc) is 3.57. The lowest BCUT2D eigenvalue weighted by Gasteiger charge is -2.39. The van der Waals surface area contributed by atoms with Crippen molar-refractivity contribution < 1.29 is 29.0 Å². The van der Waals surface area contributed by atoms with Crippen molar-refractivity contribution in [1.82, 2.24) is 20.9 Å². The number of carboxylic acids is 1. The summed E-state index contributed by atoms with van der Waals surface area (Å²) in [4.78, 5) is 54.2. The molecular formula is C35H42N4O6. The van der Waals surface area contributed by atoms with Crippen LogP contribution in [0.2, 0.25) is 0 Å². The minimum absolute atomic E-state index is 0.00767. The number of hydrogen-bond donors (Lipinski definition) is 5. The smallest absolute Gasteiger partial charge is 0.408 e. The summed E-state index contributed by atoms with van der Waals surface area (Å²) in [6.07, 6.45) is 5.72. The van der Waals surface area contributed by atoms with E-state index < -0.39 is 35.5 Å². The SMILES string of the molecule is CC1(C)[C@H]2CCC1(C)[C@H](OC(=O)N[C@](C)(Cc1c[nH]c3ccccc13)C(=O)NC[C@@H](NC(=O)C=CC(=O)O)c1ccccc1)C2. The number of nitrogens with one attached hydrogen (secondary N) is 4. The number of aromatic nitrogens is 1. The van der Waals surface area contributed by atoms with E-state index in [1.54, 1.807) is 31.2 Å². The molecule has 5 atom stereocenters. The average molecular weight is 615 g/mol. The van der Waals surface area contributed by atoms with E-state index in [1.807, 2.05) is 36.5 Å². The van der Waals surface area contributed by atoms with E-state index in [9.17, 15) is 19.2 Å². The predicted molar refractivity (Wildman–Crippen MR) is 170 cm³/mol. The van der Waals surface area contributed by atoms with Gasteiger partial charge in [0.15, 0.2) is 0 Å². The molecule has 2 aliphatic carbocycles. The number of aromatic amines is 1. The number of carboxylic acid groups (broad SMARTS) is 1. The van der Waals surface area contributed by atoms with E-state index in [0.29, 0.717) is 11.5 Å². The molecule has 238 valence electrons. The van der Waals surface area contributed by atoms with Crippen LogP contribution < -0.4 is 16.0 Å². The van der Waals surface area contributed by atoms with E-state index in [-0.39, 0.29) is 29.9 Å². The third-order valence-corrected chi connectivity index (χ3v) is 10.4. The van der Waals surface area contributed by atoms with Gasteiger partial charge in [-0.3, -0.25) is 9.59 Å². The van der Waals surface area contributed by atoms with Gasteiger partial charge in [-0.2, -0.15) is 0 Å². The number of hydrogen-bond acceptors (Lipinski definition) is 5. The fraction of sp³-hybridized carbons (Fsp3) is 0.429. The number of benzene rings is 2. The van der Waals surface area contributed by atoms with Crippen LogP contribution in [0.25, 0.3) is 10.9 Å². The number of alkyl carbamates (subject to hydrolysis) is 1. The molecule has 1 unspecified atom stereocenters. The van der Waals surface area contributed by atoms with Crippen molar-refractivity contribution in [2.24, 2.45) is 16.7 Å². The summed E-state index contributed by atoms with van der Waals surface area (Å²) in [5.74, 6) is -1.84. The quantitative estimate of drug-likeness (QED) is 0.191. The Morgan fingerprint density at radius 1 is 1.07 bits per heavy atom. The zero-order valence-electron chi connectivity index (χ0n) is 26.2. The Hall–Kier alpha value is -4.60. The second-order valence-electron chi connectivity index (χ2n) is 13.4. The summed E-state index contributed by atoms with van der Waals surface area (Å²) in [5.41, 5.74) is 0.983. The van der Waals surface area contributed by atoms with E-state index in [4.69, 9.17) is 9.84 Å². The number of rotatable bonds is 11. The second kappa shape index (κ2) is 12.4. The molecule has 45 heavy (non-hydrogen) atoms. The standard InChI is InChI=1S/C35H42N4O6/c1-33(2)24-16-17-34(33,3)28(18-24)45-32(44)39-35(4,19-23-20-36-26-13-9-8-12-25(23)26)31(43)37-21-27(22-10-6-5-7-11-22)38-29(40)14-15-30(41)42/h5-15,20,24,27-28,36H,16-19,21H2,1-4H3,(H,37,43)(H,38,40)(H,39,44)(H,41,42)/t24-,27+,28+,34?,35+/m0/s1. The van der Waals surface area contributed by atoms with Gasteiger partial charge >= 0.3 is 12.1 Å². The molecule has 10 nitrogen and oxygen atoms in total. The van der Waals surface area contributed by atoms with Crippen molar-refractivity contribution in [2.45, 2.75) is 71.1 Å². The fourth-order valence-electron chi connectivity index (χ4n) is 7.23. The highest BCUT2D eigenvalue weighted by atomic mass is 16.6. The molecule has 2 bridgehead atoms. The van der Waals surface area contributed by atoms with Gasteiger partial charge in [0.25, 0.3) is 0 Å². The first-order valence-electron chi connectivity index (χ1n) is 15.4. The van der Waals surface area contributed by atoms with Gasteiger partial charge in [0.1, 0.15) is 11.6 Å². The lowest BCUT2D eigenvalue weighted by Crippen LogP contribution is -2.59. The van der Waals surface area contributed by atoms with Crippen LogP contribution in [0.15, 0.2) is 72.9 Å². The first kappa shape index (κ1) is 31.8. The summed E-state index contributed by atoms with van der Waals surface area (Å²) < 4.78 is 6.08. The Morgan fingerprint density at radius 3 is 2.44 bits per heavy atom. The van der Waals surface area contributed by atoms with Crippen molar-refractivity contribution in [3.05, 3.63) is 84.1 Å². The van der Waals surface area contributed by atoms with Crippen LogP contribution in [0.1, 0.15) is 64.1 Å².